The van der Waals surface area contributed by atoms with E-state index >= 15 is 0 Å². The van der Waals surface area contributed by atoms with E-state index in [0.29, 0.717) is 0 Å². The molecule has 0 radical (unpaired) electrons. The van der Waals surface area contributed by atoms with Crippen LogP contribution in [0, 0.1) is 0 Å². The van der Waals surface area contributed by atoms with E-state index in [0.717, 1.165) is 83.2 Å². The normalized spacial score (nSPS) is 11.7. The van der Waals surface area contributed by atoms with Crippen LogP contribution >= 0.6 is 0 Å². The van der Waals surface area contributed by atoms with Gasteiger partial charge in [-0.1, -0.05) is 121 Å². The number of para-hydroxylation sites is 3. The molecule has 230 valence electrons. The van der Waals surface area contributed by atoms with Crippen LogP contribution in [0.2, 0.25) is 0 Å². The second-order valence-corrected chi connectivity index (χ2v) is 12.5. The van der Waals surface area contributed by atoms with E-state index in [-0.39, 0.29) is 0 Å². The molecular weight excluding hydrogens is 599 g/mol. The van der Waals surface area contributed by atoms with Gasteiger partial charge < -0.3 is 13.7 Å². The van der Waals surface area contributed by atoms with Gasteiger partial charge >= 0.3 is 0 Å². The van der Waals surface area contributed by atoms with Crippen LogP contribution in [0.4, 0.5) is 17.1 Å². The zero-order valence-electron chi connectivity index (χ0n) is 26.5. The summed E-state index contributed by atoms with van der Waals surface area (Å²) < 4.78 is 12.5. The second-order valence-electron chi connectivity index (χ2n) is 12.5. The van der Waals surface area contributed by atoms with Crippen LogP contribution in [0.3, 0.4) is 0 Å². The Bertz CT molecular complexity index is 2820. The molecule has 3 heteroatoms. The van der Waals surface area contributed by atoms with Gasteiger partial charge in [-0.05, 0) is 76.7 Å². The molecule has 0 unspecified atom stereocenters. The highest BCUT2D eigenvalue weighted by Crippen LogP contribution is 2.42. The van der Waals surface area contributed by atoms with Crippen LogP contribution in [0.25, 0.3) is 76.9 Å². The highest BCUT2D eigenvalue weighted by Gasteiger charge is 2.17. The standard InChI is InChI=1S/C46H29NO2/c1-2-11-36-31(9-1)10-7-16-42(36)47(34-24-19-30(20-25-34)33-23-28-45-41(29-33)39-13-4-5-17-43(39)48-45)35-26-21-32(22-27-35)37-14-8-15-40-38-12-3-6-18-44(38)49-46(37)40/h1-29H. The highest BCUT2D eigenvalue weighted by atomic mass is 16.3. The summed E-state index contributed by atoms with van der Waals surface area (Å²) in [7, 11) is 0. The third-order valence-corrected chi connectivity index (χ3v) is 9.68. The van der Waals surface area contributed by atoms with Crippen molar-refractivity contribution >= 4 is 71.7 Å². The maximum absolute atomic E-state index is 6.37. The van der Waals surface area contributed by atoms with Crippen LogP contribution in [0.5, 0.6) is 0 Å². The number of hydrogen-bond acceptors (Lipinski definition) is 3. The summed E-state index contributed by atoms with van der Waals surface area (Å²) in [4.78, 5) is 2.35. The molecular formula is C46H29NO2. The summed E-state index contributed by atoms with van der Waals surface area (Å²) in [5.74, 6) is 0. The van der Waals surface area contributed by atoms with Gasteiger partial charge in [0.15, 0.2) is 0 Å². The lowest BCUT2D eigenvalue weighted by atomic mass is 10.0. The van der Waals surface area contributed by atoms with Crippen molar-refractivity contribution in [1.29, 1.82) is 0 Å². The number of benzene rings is 8. The molecule has 0 amide bonds. The van der Waals surface area contributed by atoms with E-state index in [1.54, 1.807) is 0 Å². The first-order valence-electron chi connectivity index (χ1n) is 16.6. The van der Waals surface area contributed by atoms with Gasteiger partial charge in [-0.3, -0.25) is 0 Å². The summed E-state index contributed by atoms with van der Waals surface area (Å²) in [6, 6.07) is 62.1. The molecule has 0 N–H and O–H groups in total. The zero-order valence-corrected chi connectivity index (χ0v) is 26.5. The molecule has 0 bridgehead atoms. The van der Waals surface area contributed by atoms with Crippen LogP contribution in [0.15, 0.2) is 185 Å². The van der Waals surface area contributed by atoms with Crippen molar-refractivity contribution in [3.05, 3.63) is 176 Å². The van der Waals surface area contributed by atoms with Crippen molar-refractivity contribution in [2.45, 2.75) is 0 Å². The predicted octanol–water partition coefficient (Wildman–Crippen LogP) is 13.4. The Labute approximate surface area is 282 Å². The van der Waals surface area contributed by atoms with E-state index in [1.807, 2.05) is 24.3 Å². The molecule has 0 atom stereocenters. The second kappa shape index (κ2) is 11.0. The Morgan fingerprint density at radius 3 is 1.67 bits per heavy atom. The quantitative estimate of drug-likeness (QED) is 0.190. The molecule has 0 aliphatic rings. The first kappa shape index (κ1) is 27.5. The highest BCUT2D eigenvalue weighted by molar-refractivity contribution is 6.10. The minimum absolute atomic E-state index is 0.906. The number of rotatable bonds is 5. The maximum Gasteiger partial charge on any atom is 0.143 e. The first-order valence-corrected chi connectivity index (χ1v) is 16.6. The minimum atomic E-state index is 0.906. The topological polar surface area (TPSA) is 29.5 Å². The van der Waals surface area contributed by atoms with Crippen molar-refractivity contribution in [1.82, 2.24) is 0 Å². The number of nitrogens with zero attached hydrogens (tertiary/aromatic N) is 1. The van der Waals surface area contributed by atoms with E-state index in [4.69, 9.17) is 8.83 Å². The molecule has 49 heavy (non-hydrogen) atoms. The van der Waals surface area contributed by atoms with Gasteiger partial charge in [0.1, 0.15) is 22.3 Å². The summed E-state index contributed by atoms with van der Waals surface area (Å²) in [5.41, 5.74) is 11.5. The van der Waals surface area contributed by atoms with Crippen molar-refractivity contribution < 1.29 is 8.83 Å². The zero-order chi connectivity index (χ0) is 32.3. The Kier molecular flexibility index (Phi) is 6.18. The Hall–Kier alpha value is -6.58. The lowest BCUT2D eigenvalue weighted by Gasteiger charge is -2.27. The van der Waals surface area contributed by atoms with Crippen LogP contribution in [0.1, 0.15) is 0 Å². The molecule has 3 nitrogen and oxygen atoms in total. The van der Waals surface area contributed by atoms with Crippen molar-refractivity contribution in [2.24, 2.45) is 0 Å². The van der Waals surface area contributed by atoms with Gasteiger partial charge in [-0.15, -0.1) is 0 Å². The van der Waals surface area contributed by atoms with Gasteiger partial charge in [0.25, 0.3) is 0 Å². The van der Waals surface area contributed by atoms with Crippen molar-refractivity contribution in [3.8, 4) is 22.3 Å². The van der Waals surface area contributed by atoms with E-state index in [2.05, 4.69) is 157 Å². The summed E-state index contributed by atoms with van der Waals surface area (Å²) >= 11 is 0. The minimum Gasteiger partial charge on any atom is -0.456 e. The fourth-order valence-corrected chi connectivity index (χ4v) is 7.30. The molecule has 0 aliphatic heterocycles. The van der Waals surface area contributed by atoms with Crippen molar-refractivity contribution in [3.63, 3.8) is 0 Å². The van der Waals surface area contributed by atoms with Crippen LogP contribution in [-0.4, -0.2) is 0 Å². The number of fused-ring (bicyclic) bond motifs is 7. The number of furan rings is 2. The molecule has 8 aromatic carbocycles. The monoisotopic (exact) mass is 627 g/mol. The van der Waals surface area contributed by atoms with Crippen LogP contribution in [-0.2, 0) is 0 Å². The SMILES string of the molecule is c1ccc2c(N(c3ccc(-c4ccc5oc6ccccc6c5c4)cc3)c3ccc(-c4cccc5c4oc4ccccc45)cc3)cccc2c1. The Balaban J connectivity index is 1.08. The van der Waals surface area contributed by atoms with Crippen molar-refractivity contribution in [2.75, 3.05) is 4.90 Å². The lowest BCUT2D eigenvalue weighted by molar-refractivity contribution is 0.669. The molecule has 0 saturated heterocycles. The third-order valence-electron chi connectivity index (χ3n) is 9.68. The Morgan fingerprint density at radius 2 is 0.898 bits per heavy atom. The van der Waals surface area contributed by atoms with Gasteiger partial charge in [0.05, 0.1) is 5.69 Å². The molecule has 0 saturated carbocycles. The molecule has 0 aliphatic carbocycles. The number of anilines is 3. The number of hydrogen-bond donors (Lipinski definition) is 0. The van der Waals surface area contributed by atoms with Crippen LogP contribution < -0.4 is 4.90 Å². The van der Waals surface area contributed by atoms with E-state index in [9.17, 15) is 0 Å². The maximum atomic E-state index is 6.37. The fraction of sp³-hybridized carbons (Fsp3) is 0. The molecule has 10 rings (SSSR count). The average molecular weight is 628 g/mol. The molecule has 2 aromatic heterocycles. The third kappa shape index (κ3) is 4.51. The lowest BCUT2D eigenvalue weighted by Crippen LogP contribution is -2.10. The average Bonchev–Trinajstić information content (AvgIpc) is 3.74. The molecule has 2 heterocycles. The van der Waals surface area contributed by atoms with Gasteiger partial charge in [0.2, 0.25) is 0 Å². The van der Waals surface area contributed by atoms with E-state index in [1.165, 1.54) is 10.8 Å². The Morgan fingerprint density at radius 1 is 0.347 bits per heavy atom. The van der Waals surface area contributed by atoms with Gasteiger partial charge in [-0.25, -0.2) is 0 Å². The summed E-state index contributed by atoms with van der Waals surface area (Å²) in [6.07, 6.45) is 0. The van der Waals surface area contributed by atoms with Gasteiger partial charge in [-0.2, -0.15) is 0 Å². The predicted molar refractivity (Wildman–Crippen MR) is 204 cm³/mol. The summed E-state index contributed by atoms with van der Waals surface area (Å²) in [6.45, 7) is 0. The van der Waals surface area contributed by atoms with E-state index < -0.39 is 0 Å². The first-order chi connectivity index (χ1) is 24.3. The van der Waals surface area contributed by atoms with Gasteiger partial charge in [0, 0.05) is 43.9 Å². The smallest absolute Gasteiger partial charge is 0.143 e. The fourth-order valence-electron chi connectivity index (χ4n) is 7.30. The molecule has 10 aromatic rings. The summed E-state index contributed by atoms with van der Waals surface area (Å²) in [5, 5.41) is 6.94. The molecule has 0 fully saturated rings. The largest absolute Gasteiger partial charge is 0.456 e. The molecule has 0 spiro atoms.